The molecule has 1 aromatic heterocycles. The lowest BCUT2D eigenvalue weighted by atomic mass is 10.1. The lowest BCUT2D eigenvalue weighted by molar-refractivity contribution is 0.0950. The first kappa shape index (κ1) is 18.3. The Kier molecular flexibility index (Phi) is 5.42. The van der Waals surface area contributed by atoms with Crippen LogP contribution in [0, 0.1) is 0 Å². The van der Waals surface area contributed by atoms with Gasteiger partial charge in [-0.3, -0.25) is 4.79 Å². The lowest BCUT2D eigenvalue weighted by Crippen LogP contribution is -2.30. The molecule has 0 atom stereocenters. The van der Waals surface area contributed by atoms with E-state index in [2.05, 4.69) is 34.5 Å². The van der Waals surface area contributed by atoms with Crippen LogP contribution >= 0.6 is 0 Å². The quantitative estimate of drug-likeness (QED) is 0.689. The fourth-order valence-corrected chi connectivity index (χ4v) is 3.66. The molecule has 28 heavy (non-hydrogen) atoms. The third kappa shape index (κ3) is 4.09. The van der Waals surface area contributed by atoms with Crippen molar-refractivity contribution in [2.24, 2.45) is 0 Å². The van der Waals surface area contributed by atoms with Gasteiger partial charge in [-0.25, -0.2) is 4.79 Å². The fraction of sp³-hybridized carbons (Fsp3) is 0.304. The van der Waals surface area contributed by atoms with Crippen molar-refractivity contribution in [3.05, 3.63) is 76.1 Å². The minimum Gasteiger partial charge on any atom is -0.422 e. The number of hydrogen-bond acceptors (Lipinski definition) is 4. The van der Waals surface area contributed by atoms with E-state index >= 15 is 0 Å². The summed E-state index contributed by atoms with van der Waals surface area (Å²) in [5.74, 6) is -0.399. The Labute approximate surface area is 164 Å². The minimum atomic E-state index is -0.609. The highest BCUT2D eigenvalue weighted by Gasteiger charge is 2.13. The van der Waals surface area contributed by atoms with Crippen molar-refractivity contribution >= 4 is 22.6 Å². The van der Waals surface area contributed by atoms with Gasteiger partial charge in [0.1, 0.15) is 11.1 Å². The normalized spacial score (nSPS) is 14.2. The molecule has 3 aromatic rings. The van der Waals surface area contributed by atoms with Crippen LogP contribution in [0.3, 0.4) is 0 Å². The largest absolute Gasteiger partial charge is 0.422 e. The molecule has 1 aliphatic rings. The highest BCUT2D eigenvalue weighted by atomic mass is 16.4. The monoisotopic (exact) mass is 376 g/mol. The third-order valence-electron chi connectivity index (χ3n) is 5.24. The van der Waals surface area contributed by atoms with Gasteiger partial charge < -0.3 is 14.6 Å². The molecule has 0 unspecified atom stereocenters. The highest BCUT2D eigenvalue weighted by molar-refractivity contribution is 5.96. The molecule has 0 saturated carbocycles. The van der Waals surface area contributed by atoms with E-state index in [1.54, 1.807) is 18.2 Å². The van der Waals surface area contributed by atoms with Crippen LogP contribution in [0.1, 0.15) is 35.2 Å². The number of carbonyl (C=O) groups excluding carboxylic acids is 1. The van der Waals surface area contributed by atoms with E-state index in [1.165, 1.54) is 24.9 Å². The van der Waals surface area contributed by atoms with E-state index in [4.69, 9.17) is 4.42 Å². The Morgan fingerprint density at radius 3 is 2.54 bits per heavy atom. The van der Waals surface area contributed by atoms with Crippen LogP contribution in [0.25, 0.3) is 11.0 Å². The number of anilines is 1. The number of carbonyl (C=O) groups is 1. The summed E-state index contributed by atoms with van der Waals surface area (Å²) in [6.45, 7) is 2.72. The van der Waals surface area contributed by atoms with Crippen LogP contribution in [-0.2, 0) is 6.42 Å². The molecule has 2 aromatic carbocycles. The fourth-order valence-electron chi connectivity index (χ4n) is 3.66. The van der Waals surface area contributed by atoms with Gasteiger partial charge >= 0.3 is 5.63 Å². The van der Waals surface area contributed by atoms with Gasteiger partial charge in [0.05, 0.1) is 0 Å². The first-order chi connectivity index (χ1) is 13.7. The Morgan fingerprint density at radius 1 is 1.00 bits per heavy atom. The van der Waals surface area contributed by atoms with E-state index < -0.39 is 11.5 Å². The zero-order valence-corrected chi connectivity index (χ0v) is 15.8. The highest BCUT2D eigenvalue weighted by Crippen LogP contribution is 2.20. The van der Waals surface area contributed by atoms with E-state index in [0.717, 1.165) is 24.0 Å². The van der Waals surface area contributed by atoms with E-state index in [0.29, 0.717) is 18.5 Å². The molecule has 1 saturated heterocycles. The molecular formula is C23H24N2O3. The Balaban J connectivity index is 1.35. The topological polar surface area (TPSA) is 62.6 Å². The number of nitrogens with zero attached hydrogens (tertiary/aromatic N) is 1. The van der Waals surface area contributed by atoms with Gasteiger partial charge in [0.15, 0.2) is 0 Å². The van der Waals surface area contributed by atoms with Crippen molar-refractivity contribution in [1.29, 1.82) is 0 Å². The molecule has 5 heteroatoms. The zero-order chi connectivity index (χ0) is 19.3. The molecule has 144 valence electrons. The number of hydrogen-bond donors (Lipinski definition) is 1. The number of amides is 1. The number of fused-ring (bicyclic) bond motifs is 1. The second kappa shape index (κ2) is 8.30. The standard InChI is InChI=1S/C23H24N2O3/c26-22(20-16-18-6-2-3-7-21(18)28-23(20)27)24-13-12-17-8-10-19(11-9-17)25-14-4-1-5-15-25/h2-3,6-11,16H,1,4-5,12-15H2,(H,24,26). The average Bonchev–Trinajstić information content (AvgIpc) is 2.74. The summed E-state index contributed by atoms with van der Waals surface area (Å²) in [6.07, 6.45) is 4.56. The number of rotatable bonds is 5. The maximum Gasteiger partial charge on any atom is 0.349 e. The van der Waals surface area contributed by atoms with Crippen molar-refractivity contribution in [3.63, 3.8) is 0 Å². The van der Waals surface area contributed by atoms with E-state index in [-0.39, 0.29) is 5.56 Å². The molecule has 1 N–H and O–H groups in total. The van der Waals surface area contributed by atoms with Crippen molar-refractivity contribution in [3.8, 4) is 0 Å². The molecule has 0 spiro atoms. The van der Waals surface area contributed by atoms with Gasteiger partial charge in [0, 0.05) is 30.7 Å². The van der Waals surface area contributed by atoms with Gasteiger partial charge in [0.25, 0.3) is 5.91 Å². The second-order valence-corrected chi connectivity index (χ2v) is 7.21. The summed E-state index contributed by atoms with van der Waals surface area (Å²) in [6, 6.07) is 17.3. The van der Waals surface area contributed by atoms with Crippen LogP contribution in [0.15, 0.2) is 63.8 Å². The summed E-state index contributed by atoms with van der Waals surface area (Å²) < 4.78 is 5.23. The molecular weight excluding hydrogens is 352 g/mol. The Hall–Kier alpha value is -3.08. The number of nitrogens with one attached hydrogen (secondary N) is 1. The molecule has 1 fully saturated rings. The average molecular weight is 376 g/mol. The van der Waals surface area contributed by atoms with Gasteiger partial charge in [-0.15, -0.1) is 0 Å². The summed E-state index contributed by atoms with van der Waals surface area (Å²) in [4.78, 5) is 26.9. The molecule has 1 aliphatic heterocycles. The maximum atomic E-state index is 12.4. The van der Waals surface area contributed by atoms with Crippen LogP contribution in [0.2, 0.25) is 0 Å². The van der Waals surface area contributed by atoms with Gasteiger partial charge in [-0.2, -0.15) is 0 Å². The van der Waals surface area contributed by atoms with Crippen molar-refractivity contribution in [1.82, 2.24) is 5.32 Å². The summed E-state index contributed by atoms with van der Waals surface area (Å²) in [7, 11) is 0. The summed E-state index contributed by atoms with van der Waals surface area (Å²) in [5, 5.41) is 3.56. The first-order valence-corrected chi connectivity index (χ1v) is 9.86. The van der Waals surface area contributed by atoms with Crippen LogP contribution in [-0.4, -0.2) is 25.5 Å². The number of piperidine rings is 1. The molecule has 0 bridgehead atoms. The van der Waals surface area contributed by atoms with Crippen LogP contribution in [0.4, 0.5) is 5.69 Å². The Bertz CT molecular complexity index is 1020. The predicted molar refractivity (Wildman–Crippen MR) is 111 cm³/mol. The summed E-state index contributed by atoms with van der Waals surface area (Å²) in [5.41, 5.74) is 2.34. The van der Waals surface area contributed by atoms with E-state index in [1.807, 2.05) is 12.1 Å². The SMILES string of the molecule is O=C(NCCc1ccc(N2CCCCC2)cc1)c1cc2ccccc2oc1=O. The number of benzene rings is 2. The second-order valence-electron chi connectivity index (χ2n) is 7.21. The van der Waals surface area contributed by atoms with Gasteiger partial charge in [-0.05, 0) is 55.5 Å². The molecule has 1 amide bonds. The number of para-hydroxylation sites is 1. The van der Waals surface area contributed by atoms with Crippen LogP contribution < -0.4 is 15.8 Å². The van der Waals surface area contributed by atoms with Crippen molar-refractivity contribution < 1.29 is 9.21 Å². The predicted octanol–water partition coefficient (Wildman–Crippen LogP) is 3.76. The summed E-state index contributed by atoms with van der Waals surface area (Å²) >= 11 is 0. The maximum absolute atomic E-state index is 12.4. The van der Waals surface area contributed by atoms with Crippen LogP contribution in [0.5, 0.6) is 0 Å². The zero-order valence-electron chi connectivity index (χ0n) is 15.8. The lowest BCUT2D eigenvalue weighted by Gasteiger charge is -2.28. The van der Waals surface area contributed by atoms with Crippen molar-refractivity contribution in [2.45, 2.75) is 25.7 Å². The molecule has 5 nitrogen and oxygen atoms in total. The first-order valence-electron chi connectivity index (χ1n) is 9.86. The molecule has 2 heterocycles. The van der Waals surface area contributed by atoms with Gasteiger partial charge in [-0.1, -0.05) is 30.3 Å². The Morgan fingerprint density at radius 2 is 1.75 bits per heavy atom. The molecule has 0 radical (unpaired) electrons. The molecule has 0 aliphatic carbocycles. The minimum absolute atomic E-state index is 0.0409. The third-order valence-corrected chi connectivity index (χ3v) is 5.24. The van der Waals surface area contributed by atoms with Gasteiger partial charge in [0.2, 0.25) is 0 Å². The molecule has 4 rings (SSSR count). The van der Waals surface area contributed by atoms with Crippen molar-refractivity contribution in [2.75, 3.05) is 24.5 Å². The van der Waals surface area contributed by atoms with E-state index in [9.17, 15) is 9.59 Å². The smallest absolute Gasteiger partial charge is 0.349 e.